The van der Waals surface area contributed by atoms with Gasteiger partial charge in [0.25, 0.3) is 5.56 Å². The Morgan fingerprint density at radius 2 is 1.59 bits per heavy atom. The molecule has 0 saturated heterocycles. The number of fused-ring (bicyclic) bond motifs is 1. The number of aromatic nitrogens is 2. The molecule has 0 bridgehead atoms. The van der Waals surface area contributed by atoms with E-state index in [1.54, 1.807) is 31.2 Å². The monoisotopic (exact) mass is 394 g/mol. The fraction of sp³-hybridized carbons (Fsp3) is 0.318. The van der Waals surface area contributed by atoms with Gasteiger partial charge in [-0.3, -0.25) is 18.7 Å². The van der Waals surface area contributed by atoms with Crippen molar-refractivity contribution in [2.24, 2.45) is 0 Å². The molecule has 0 spiro atoms. The largest absolute Gasteiger partial charge is 0.372 e. The minimum Gasteiger partial charge on any atom is -0.372 e. The number of anilines is 2. The summed E-state index contributed by atoms with van der Waals surface area (Å²) in [4.78, 5) is 40.1. The average Bonchev–Trinajstić information content (AvgIpc) is 2.73. The predicted molar refractivity (Wildman–Crippen MR) is 117 cm³/mol. The smallest absolute Gasteiger partial charge is 0.331 e. The molecular weight excluding hydrogens is 368 g/mol. The molecule has 1 heterocycles. The maximum Gasteiger partial charge on any atom is 0.331 e. The van der Waals surface area contributed by atoms with Gasteiger partial charge in [-0.2, -0.15) is 0 Å². The first-order valence-corrected chi connectivity index (χ1v) is 9.87. The Labute approximate surface area is 169 Å². The Bertz CT molecular complexity index is 1130. The van der Waals surface area contributed by atoms with E-state index in [-0.39, 0.29) is 24.6 Å². The molecule has 0 saturated carbocycles. The van der Waals surface area contributed by atoms with E-state index in [1.807, 2.05) is 24.3 Å². The summed E-state index contributed by atoms with van der Waals surface area (Å²) >= 11 is 0. The molecule has 3 aromatic rings. The highest BCUT2D eigenvalue weighted by atomic mass is 16.2. The molecule has 3 rings (SSSR count). The number of benzene rings is 2. The minimum atomic E-state index is -0.483. The molecular formula is C22H26N4O3. The summed E-state index contributed by atoms with van der Waals surface area (Å²) in [5, 5.41) is 3.25. The summed E-state index contributed by atoms with van der Waals surface area (Å²) in [6, 6.07) is 14.5. The lowest BCUT2D eigenvalue weighted by atomic mass is 10.2. The lowest BCUT2D eigenvalue weighted by Crippen LogP contribution is -2.41. The van der Waals surface area contributed by atoms with Gasteiger partial charge in [-0.15, -0.1) is 0 Å². The van der Waals surface area contributed by atoms with Gasteiger partial charge in [0.15, 0.2) is 0 Å². The van der Waals surface area contributed by atoms with E-state index in [1.165, 1.54) is 4.57 Å². The van der Waals surface area contributed by atoms with Crippen LogP contribution in [-0.4, -0.2) is 28.1 Å². The van der Waals surface area contributed by atoms with E-state index in [0.717, 1.165) is 23.3 Å². The van der Waals surface area contributed by atoms with Gasteiger partial charge in [0.1, 0.15) is 6.54 Å². The summed E-state index contributed by atoms with van der Waals surface area (Å²) in [6.07, 6.45) is 0. The molecule has 1 amide bonds. The number of hydrogen-bond donors (Lipinski definition) is 1. The third kappa shape index (κ3) is 4.08. The standard InChI is InChI=1S/C22H26N4O3/c1-4-24(5-2)17-13-11-16(12-14-17)23-20(27)15-26-19-10-8-7-9-18(19)21(28)25(6-3)22(26)29/h7-14H,4-6,15H2,1-3H3,(H,23,27). The van der Waals surface area contributed by atoms with Gasteiger partial charge < -0.3 is 10.2 Å². The Kier molecular flexibility index (Phi) is 6.16. The number of rotatable bonds is 7. The number of nitrogens with zero attached hydrogens (tertiary/aromatic N) is 3. The number of carbonyl (C=O) groups is 1. The molecule has 2 aromatic carbocycles. The molecule has 7 nitrogen and oxygen atoms in total. The molecule has 1 N–H and O–H groups in total. The molecule has 0 atom stereocenters. The molecule has 0 unspecified atom stereocenters. The second-order valence-electron chi connectivity index (χ2n) is 6.70. The van der Waals surface area contributed by atoms with E-state index < -0.39 is 5.69 Å². The van der Waals surface area contributed by atoms with E-state index in [2.05, 4.69) is 24.1 Å². The van der Waals surface area contributed by atoms with Crippen molar-refractivity contribution in [3.8, 4) is 0 Å². The lowest BCUT2D eigenvalue weighted by molar-refractivity contribution is -0.116. The van der Waals surface area contributed by atoms with Crippen molar-refractivity contribution in [1.82, 2.24) is 9.13 Å². The molecule has 0 aliphatic rings. The predicted octanol–water partition coefficient (Wildman–Crippen LogP) is 2.67. The summed E-state index contributed by atoms with van der Waals surface area (Å²) in [5.74, 6) is -0.325. The maximum absolute atomic E-state index is 12.7. The zero-order valence-electron chi connectivity index (χ0n) is 17.0. The summed E-state index contributed by atoms with van der Waals surface area (Å²) in [5.41, 5.74) is 1.39. The van der Waals surface area contributed by atoms with Crippen LogP contribution in [0.5, 0.6) is 0 Å². The number of carbonyl (C=O) groups excluding carboxylic acids is 1. The number of amides is 1. The van der Waals surface area contributed by atoms with Gasteiger partial charge >= 0.3 is 5.69 Å². The van der Waals surface area contributed by atoms with E-state index in [4.69, 9.17) is 0 Å². The Balaban J connectivity index is 1.87. The van der Waals surface area contributed by atoms with E-state index in [0.29, 0.717) is 16.6 Å². The number of para-hydroxylation sites is 1. The highest BCUT2D eigenvalue weighted by molar-refractivity contribution is 5.91. The minimum absolute atomic E-state index is 0.169. The zero-order valence-corrected chi connectivity index (χ0v) is 17.0. The average molecular weight is 394 g/mol. The maximum atomic E-state index is 12.7. The van der Waals surface area contributed by atoms with Gasteiger partial charge in [0.05, 0.1) is 10.9 Å². The third-order valence-corrected chi connectivity index (χ3v) is 5.03. The van der Waals surface area contributed by atoms with E-state index >= 15 is 0 Å². The first-order valence-electron chi connectivity index (χ1n) is 9.87. The molecule has 1 aromatic heterocycles. The fourth-order valence-electron chi connectivity index (χ4n) is 3.49. The van der Waals surface area contributed by atoms with Gasteiger partial charge in [-0.25, -0.2) is 4.79 Å². The van der Waals surface area contributed by atoms with Gasteiger partial charge in [-0.05, 0) is 57.2 Å². The van der Waals surface area contributed by atoms with Gasteiger partial charge in [0, 0.05) is 31.0 Å². The Hall–Kier alpha value is -3.35. The van der Waals surface area contributed by atoms with Crippen molar-refractivity contribution in [2.45, 2.75) is 33.9 Å². The van der Waals surface area contributed by atoms with Crippen molar-refractivity contribution in [3.63, 3.8) is 0 Å². The molecule has 7 heteroatoms. The molecule has 0 aliphatic carbocycles. The van der Waals surface area contributed by atoms with Crippen molar-refractivity contribution >= 4 is 28.2 Å². The number of hydrogen-bond acceptors (Lipinski definition) is 4. The fourth-order valence-corrected chi connectivity index (χ4v) is 3.49. The van der Waals surface area contributed by atoms with Gasteiger partial charge in [0.2, 0.25) is 5.91 Å². The second kappa shape index (κ2) is 8.77. The van der Waals surface area contributed by atoms with Crippen molar-refractivity contribution in [2.75, 3.05) is 23.3 Å². The Morgan fingerprint density at radius 3 is 2.21 bits per heavy atom. The molecule has 29 heavy (non-hydrogen) atoms. The van der Waals surface area contributed by atoms with Crippen LogP contribution in [0, 0.1) is 0 Å². The summed E-state index contributed by atoms with van der Waals surface area (Å²) < 4.78 is 2.49. The van der Waals surface area contributed by atoms with Crippen LogP contribution < -0.4 is 21.5 Å². The third-order valence-electron chi connectivity index (χ3n) is 5.03. The topological polar surface area (TPSA) is 76.3 Å². The number of nitrogens with one attached hydrogen (secondary N) is 1. The summed E-state index contributed by atoms with van der Waals surface area (Å²) in [7, 11) is 0. The highest BCUT2D eigenvalue weighted by Crippen LogP contribution is 2.18. The first-order chi connectivity index (χ1) is 14.0. The van der Waals surface area contributed by atoms with Crippen LogP contribution >= 0.6 is 0 Å². The molecule has 0 radical (unpaired) electrons. The SMILES string of the molecule is CCN(CC)c1ccc(NC(=O)Cn2c(=O)n(CC)c(=O)c3ccccc32)cc1. The normalized spacial score (nSPS) is 10.9. The van der Waals surface area contributed by atoms with Crippen LogP contribution in [0.1, 0.15) is 20.8 Å². The van der Waals surface area contributed by atoms with Crippen molar-refractivity contribution in [3.05, 3.63) is 69.4 Å². The quantitative estimate of drug-likeness (QED) is 0.668. The van der Waals surface area contributed by atoms with Crippen molar-refractivity contribution < 1.29 is 4.79 Å². The van der Waals surface area contributed by atoms with E-state index in [9.17, 15) is 14.4 Å². The van der Waals surface area contributed by atoms with Crippen LogP contribution in [0.25, 0.3) is 10.9 Å². The second-order valence-corrected chi connectivity index (χ2v) is 6.70. The lowest BCUT2D eigenvalue weighted by Gasteiger charge is -2.21. The molecule has 0 aliphatic heterocycles. The van der Waals surface area contributed by atoms with Crippen molar-refractivity contribution in [1.29, 1.82) is 0 Å². The first kappa shape index (κ1) is 20.4. The van der Waals surface area contributed by atoms with Crippen LogP contribution in [0.4, 0.5) is 11.4 Å². The van der Waals surface area contributed by atoms with Gasteiger partial charge in [-0.1, -0.05) is 12.1 Å². The highest BCUT2D eigenvalue weighted by Gasteiger charge is 2.14. The zero-order chi connectivity index (χ0) is 21.0. The molecule has 0 fully saturated rings. The van der Waals surface area contributed by atoms with Crippen LogP contribution in [0.2, 0.25) is 0 Å². The molecule has 152 valence electrons. The van der Waals surface area contributed by atoms with Crippen LogP contribution in [0.15, 0.2) is 58.1 Å². The van der Waals surface area contributed by atoms with Crippen LogP contribution in [-0.2, 0) is 17.9 Å². The Morgan fingerprint density at radius 1 is 0.931 bits per heavy atom. The summed E-state index contributed by atoms with van der Waals surface area (Å²) in [6.45, 7) is 7.82. The van der Waals surface area contributed by atoms with Crippen LogP contribution in [0.3, 0.4) is 0 Å².